The predicted molar refractivity (Wildman–Crippen MR) is 103 cm³/mol. The van der Waals surface area contributed by atoms with Crippen LogP contribution in [0, 0.1) is 0 Å². The molecular formula is C20H25N3O3. The van der Waals surface area contributed by atoms with E-state index in [2.05, 4.69) is 22.1 Å². The number of rotatable bonds is 6. The van der Waals surface area contributed by atoms with Gasteiger partial charge in [-0.25, -0.2) is 4.79 Å². The number of hydrogen-bond acceptors (Lipinski definition) is 4. The van der Waals surface area contributed by atoms with Crippen LogP contribution in [-0.4, -0.2) is 20.4 Å². The lowest BCUT2D eigenvalue weighted by Gasteiger charge is -2.12. The van der Waals surface area contributed by atoms with Crippen molar-refractivity contribution in [3.8, 4) is 5.88 Å². The first kappa shape index (κ1) is 18.2. The third kappa shape index (κ3) is 3.49. The lowest BCUT2D eigenvalue weighted by atomic mass is 10.1. The van der Waals surface area contributed by atoms with Crippen LogP contribution in [0.2, 0.25) is 0 Å². The van der Waals surface area contributed by atoms with Crippen LogP contribution < -0.4 is 11.2 Å². The van der Waals surface area contributed by atoms with Crippen LogP contribution in [0.25, 0.3) is 0 Å². The highest BCUT2D eigenvalue weighted by molar-refractivity contribution is 6.03. The number of H-pyrrole nitrogens is 1. The van der Waals surface area contributed by atoms with Crippen LogP contribution in [0.15, 0.2) is 32.8 Å². The number of fused-ring (bicyclic) bond motifs is 1. The first-order valence-corrected chi connectivity index (χ1v) is 9.31. The number of unbranched alkanes of at least 4 members (excludes halogenated alkanes) is 1. The Kier molecular flexibility index (Phi) is 5.40. The quantitative estimate of drug-likeness (QED) is 0.781. The Hall–Kier alpha value is -2.63. The molecular weight excluding hydrogens is 330 g/mol. The van der Waals surface area contributed by atoms with E-state index in [-0.39, 0.29) is 11.4 Å². The monoisotopic (exact) mass is 355 g/mol. The number of nitrogens with one attached hydrogen (secondary N) is 1. The minimum Gasteiger partial charge on any atom is -0.494 e. The molecule has 0 amide bonds. The maximum atomic E-state index is 12.4. The van der Waals surface area contributed by atoms with Gasteiger partial charge in [0.05, 0.1) is 11.4 Å². The zero-order chi connectivity index (χ0) is 18.7. The Balaban J connectivity index is 2.07. The largest absolute Gasteiger partial charge is 0.494 e. The van der Waals surface area contributed by atoms with Crippen LogP contribution in [0.4, 0.5) is 5.69 Å². The summed E-state index contributed by atoms with van der Waals surface area (Å²) in [6.07, 6.45) is 5.40. The molecule has 0 aliphatic heterocycles. The molecule has 1 aromatic heterocycles. The van der Waals surface area contributed by atoms with Gasteiger partial charge in [-0.15, -0.1) is 0 Å². The molecule has 0 fully saturated rings. The second-order valence-electron chi connectivity index (χ2n) is 6.68. The number of hydrogen-bond donors (Lipinski definition) is 2. The summed E-state index contributed by atoms with van der Waals surface area (Å²) in [5.74, 6) is -0.297. The fourth-order valence-electron chi connectivity index (χ4n) is 3.44. The van der Waals surface area contributed by atoms with Gasteiger partial charge in [0.25, 0.3) is 5.56 Å². The van der Waals surface area contributed by atoms with Crippen LogP contribution in [0.5, 0.6) is 5.88 Å². The third-order valence-corrected chi connectivity index (χ3v) is 4.88. The maximum Gasteiger partial charge on any atom is 0.331 e. The number of aromatic hydroxyl groups is 1. The summed E-state index contributed by atoms with van der Waals surface area (Å²) in [7, 11) is 0. The van der Waals surface area contributed by atoms with E-state index in [0.29, 0.717) is 18.7 Å². The second-order valence-corrected chi connectivity index (χ2v) is 6.68. The van der Waals surface area contributed by atoms with Crippen LogP contribution in [0.1, 0.15) is 56.2 Å². The Labute approximate surface area is 152 Å². The second kappa shape index (κ2) is 7.72. The average molecular weight is 355 g/mol. The van der Waals surface area contributed by atoms with Crippen molar-refractivity contribution in [1.82, 2.24) is 9.55 Å². The van der Waals surface area contributed by atoms with E-state index >= 15 is 0 Å². The van der Waals surface area contributed by atoms with Gasteiger partial charge < -0.3 is 5.11 Å². The predicted octanol–water partition coefficient (Wildman–Crippen LogP) is 3.06. The molecule has 6 nitrogen and oxygen atoms in total. The number of nitrogens with zero attached hydrogens (tertiary/aromatic N) is 2. The molecule has 0 saturated heterocycles. The van der Waals surface area contributed by atoms with Crippen molar-refractivity contribution in [3.63, 3.8) is 0 Å². The Morgan fingerprint density at radius 3 is 2.73 bits per heavy atom. The van der Waals surface area contributed by atoms with Crippen LogP contribution in [0.3, 0.4) is 0 Å². The Morgan fingerprint density at radius 1 is 1.23 bits per heavy atom. The summed E-state index contributed by atoms with van der Waals surface area (Å²) >= 11 is 0. The molecule has 1 aliphatic carbocycles. The normalized spacial score (nSPS) is 13.8. The lowest BCUT2D eigenvalue weighted by Crippen LogP contribution is -2.34. The molecule has 2 aromatic rings. The van der Waals surface area contributed by atoms with E-state index in [1.165, 1.54) is 15.7 Å². The fourth-order valence-corrected chi connectivity index (χ4v) is 3.44. The molecule has 1 aromatic carbocycles. The Bertz CT molecular complexity index is 954. The maximum absolute atomic E-state index is 12.4. The van der Waals surface area contributed by atoms with Crippen molar-refractivity contribution in [2.24, 2.45) is 4.99 Å². The first-order valence-electron chi connectivity index (χ1n) is 9.31. The minimum atomic E-state index is -0.595. The van der Waals surface area contributed by atoms with Gasteiger partial charge in [0, 0.05) is 6.54 Å². The van der Waals surface area contributed by atoms with Gasteiger partial charge in [0.1, 0.15) is 5.56 Å². The highest BCUT2D eigenvalue weighted by Gasteiger charge is 2.19. The van der Waals surface area contributed by atoms with E-state index in [0.717, 1.165) is 37.8 Å². The summed E-state index contributed by atoms with van der Waals surface area (Å²) in [5.41, 5.74) is 2.81. The van der Waals surface area contributed by atoms with Gasteiger partial charge in [-0.1, -0.05) is 26.3 Å². The van der Waals surface area contributed by atoms with Gasteiger partial charge in [0.15, 0.2) is 0 Å². The molecule has 0 bridgehead atoms. The van der Waals surface area contributed by atoms with E-state index < -0.39 is 11.2 Å². The van der Waals surface area contributed by atoms with E-state index in [1.54, 1.807) is 0 Å². The molecule has 3 rings (SSSR count). The lowest BCUT2D eigenvalue weighted by molar-refractivity contribution is 0.394. The summed E-state index contributed by atoms with van der Waals surface area (Å²) in [6.45, 7) is 4.24. The van der Waals surface area contributed by atoms with Gasteiger partial charge in [0.2, 0.25) is 5.88 Å². The SMILES string of the molecule is CCCCn1c(O)c(C(CC)=Nc2ccc3c(c2)CCC3)c(=O)[nH]c1=O. The summed E-state index contributed by atoms with van der Waals surface area (Å²) in [6, 6.07) is 6.08. The van der Waals surface area contributed by atoms with Gasteiger partial charge in [-0.05, 0) is 55.4 Å². The highest BCUT2D eigenvalue weighted by atomic mass is 16.3. The summed E-state index contributed by atoms with van der Waals surface area (Å²) in [5, 5.41) is 10.6. The standard InChI is InChI=1S/C20H25N3O3/c1-3-5-11-23-19(25)17(18(24)22-20(23)26)16(4-2)21-15-10-9-13-7-6-8-14(13)12-15/h9-10,12,25H,3-8,11H2,1-2H3,(H,22,24,26). The smallest absolute Gasteiger partial charge is 0.331 e. The van der Waals surface area contributed by atoms with Crippen molar-refractivity contribution in [2.45, 2.75) is 58.9 Å². The zero-order valence-corrected chi connectivity index (χ0v) is 15.3. The van der Waals surface area contributed by atoms with Crippen molar-refractivity contribution < 1.29 is 5.11 Å². The molecule has 0 radical (unpaired) electrons. The number of aromatic nitrogens is 2. The van der Waals surface area contributed by atoms with Crippen molar-refractivity contribution in [3.05, 3.63) is 55.7 Å². The van der Waals surface area contributed by atoms with E-state index in [9.17, 15) is 14.7 Å². The van der Waals surface area contributed by atoms with Crippen molar-refractivity contribution in [2.75, 3.05) is 0 Å². The molecule has 0 atom stereocenters. The average Bonchev–Trinajstić information content (AvgIpc) is 3.08. The number of aromatic amines is 1. The zero-order valence-electron chi connectivity index (χ0n) is 15.3. The van der Waals surface area contributed by atoms with Gasteiger partial charge >= 0.3 is 5.69 Å². The van der Waals surface area contributed by atoms with Crippen LogP contribution in [-0.2, 0) is 19.4 Å². The molecule has 138 valence electrons. The summed E-state index contributed by atoms with van der Waals surface area (Å²) in [4.78, 5) is 31.3. The number of aryl methyl sites for hydroxylation is 2. The minimum absolute atomic E-state index is 0.0868. The fraction of sp³-hybridized carbons (Fsp3) is 0.450. The molecule has 0 spiro atoms. The summed E-state index contributed by atoms with van der Waals surface area (Å²) < 4.78 is 1.22. The molecule has 26 heavy (non-hydrogen) atoms. The first-order chi connectivity index (χ1) is 12.5. The Morgan fingerprint density at radius 2 is 2.00 bits per heavy atom. The number of benzene rings is 1. The van der Waals surface area contributed by atoms with Gasteiger partial charge in [-0.2, -0.15) is 0 Å². The molecule has 6 heteroatoms. The topological polar surface area (TPSA) is 87.4 Å². The van der Waals surface area contributed by atoms with Gasteiger partial charge in [-0.3, -0.25) is 19.3 Å². The molecule has 2 N–H and O–H groups in total. The van der Waals surface area contributed by atoms with E-state index in [1.807, 2.05) is 19.9 Å². The van der Waals surface area contributed by atoms with Crippen molar-refractivity contribution >= 4 is 11.4 Å². The molecule has 1 heterocycles. The van der Waals surface area contributed by atoms with Crippen molar-refractivity contribution in [1.29, 1.82) is 0 Å². The number of aliphatic imine (C=N–C) groups is 1. The molecule has 0 saturated carbocycles. The highest BCUT2D eigenvalue weighted by Crippen LogP contribution is 2.27. The third-order valence-electron chi connectivity index (χ3n) is 4.88. The molecule has 0 unspecified atom stereocenters. The van der Waals surface area contributed by atoms with E-state index in [4.69, 9.17) is 0 Å². The molecule has 1 aliphatic rings. The van der Waals surface area contributed by atoms with Crippen LogP contribution >= 0.6 is 0 Å².